The van der Waals surface area contributed by atoms with Crippen LogP contribution in [0.2, 0.25) is 0 Å². The fourth-order valence-corrected chi connectivity index (χ4v) is 4.88. The molecule has 150 valence electrons. The van der Waals surface area contributed by atoms with Gasteiger partial charge in [-0.05, 0) is 31.1 Å². The summed E-state index contributed by atoms with van der Waals surface area (Å²) in [6.45, 7) is 0.0533. The molecule has 9 nitrogen and oxygen atoms in total. The smallest absolute Gasteiger partial charge is 0.275 e. The molecule has 2 heterocycles. The summed E-state index contributed by atoms with van der Waals surface area (Å²) < 4.78 is 31.0. The average molecular weight is 414 g/mol. The number of fused-ring (bicyclic) bond motifs is 1. The van der Waals surface area contributed by atoms with Gasteiger partial charge in [0.05, 0.1) is 23.7 Å². The fourth-order valence-electron chi connectivity index (χ4n) is 3.43. The van der Waals surface area contributed by atoms with E-state index in [9.17, 15) is 18.0 Å². The molecule has 0 spiro atoms. The molecular formula is C19H20N5O4S+. The van der Waals surface area contributed by atoms with Crippen LogP contribution < -0.4 is 4.72 Å². The van der Waals surface area contributed by atoms with Crippen LogP contribution in [-0.2, 0) is 28.4 Å². The zero-order valence-corrected chi connectivity index (χ0v) is 16.8. The van der Waals surface area contributed by atoms with Crippen molar-refractivity contribution in [3.63, 3.8) is 0 Å². The van der Waals surface area contributed by atoms with Gasteiger partial charge in [-0.2, -0.15) is 24.1 Å². The van der Waals surface area contributed by atoms with Gasteiger partial charge in [0.1, 0.15) is 18.2 Å². The second-order valence-electron chi connectivity index (χ2n) is 7.43. The number of nitrogens with zero attached hydrogens (tertiary/aromatic N) is 4. The molecule has 1 N–H and O–H groups in total. The Bertz CT molecular complexity index is 1160. The quantitative estimate of drug-likeness (QED) is 0.544. The summed E-state index contributed by atoms with van der Waals surface area (Å²) in [6, 6.07) is -0.475. The van der Waals surface area contributed by atoms with Crippen molar-refractivity contribution in [2.45, 2.75) is 24.9 Å². The second kappa shape index (κ2) is 6.50. The van der Waals surface area contributed by atoms with Crippen molar-refractivity contribution in [1.82, 2.24) is 19.4 Å². The Morgan fingerprint density at radius 3 is 2.69 bits per heavy atom. The van der Waals surface area contributed by atoms with Gasteiger partial charge in [0.15, 0.2) is 0 Å². The van der Waals surface area contributed by atoms with Gasteiger partial charge in [-0.3, -0.25) is 4.68 Å². The molecule has 1 fully saturated rings. The molecule has 10 heteroatoms. The second-order valence-corrected chi connectivity index (χ2v) is 9.11. The SMILES string of the molecule is C#CC1(NS(=O)(=O)C2=CC3C(=O)N(Cc4cnn(C)c4)C(=O)[N+](C)=C3C=C2)CC1. The standard InChI is InChI=1S/C19H20N5O4S/c1-4-19(7-8-19)21-29(27,28)14-5-6-16-15(9-14)17(25)24(18(26)23(16)3)12-13-10-20-22(2)11-13/h1,5-6,9-11,15,21H,7-8,12H2,2-3H3/q+1. The zero-order valence-electron chi connectivity index (χ0n) is 16.0. The van der Waals surface area contributed by atoms with Crippen LogP contribution in [0.1, 0.15) is 18.4 Å². The highest BCUT2D eigenvalue weighted by molar-refractivity contribution is 7.93. The molecule has 3 amide bonds. The van der Waals surface area contributed by atoms with E-state index in [2.05, 4.69) is 15.7 Å². The minimum atomic E-state index is -3.89. The minimum absolute atomic E-state index is 0.0369. The van der Waals surface area contributed by atoms with Crippen LogP contribution in [0, 0.1) is 18.3 Å². The molecular weight excluding hydrogens is 394 g/mol. The Kier molecular flexibility index (Phi) is 4.33. The van der Waals surface area contributed by atoms with Gasteiger partial charge >= 0.3 is 11.9 Å². The van der Waals surface area contributed by atoms with E-state index in [4.69, 9.17) is 6.42 Å². The predicted octanol–water partition coefficient (Wildman–Crippen LogP) is 0.121. The van der Waals surface area contributed by atoms with Crippen LogP contribution in [0.4, 0.5) is 4.79 Å². The molecule has 1 aromatic rings. The van der Waals surface area contributed by atoms with Gasteiger partial charge in [0.2, 0.25) is 10.0 Å². The molecule has 0 aromatic carbocycles. The first-order chi connectivity index (χ1) is 13.7. The third-order valence-electron chi connectivity index (χ3n) is 5.27. The monoisotopic (exact) mass is 414 g/mol. The highest BCUT2D eigenvalue weighted by Gasteiger charge is 2.48. The van der Waals surface area contributed by atoms with Crippen LogP contribution in [-0.4, -0.2) is 57.9 Å². The normalized spacial score (nSPS) is 23.0. The van der Waals surface area contributed by atoms with Gasteiger partial charge in [-0.1, -0.05) is 5.92 Å². The molecule has 1 atom stereocenters. The number of urea groups is 1. The van der Waals surface area contributed by atoms with E-state index in [1.807, 2.05) is 0 Å². The minimum Gasteiger partial charge on any atom is -0.275 e. The number of allylic oxidation sites excluding steroid dienone is 2. The number of sulfonamides is 1. The van der Waals surface area contributed by atoms with Crippen LogP contribution in [0.25, 0.3) is 0 Å². The number of nitrogens with one attached hydrogen (secondary N) is 1. The lowest BCUT2D eigenvalue weighted by Crippen LogP contribution is -2.53. The number of aryl methyl sites for hydroxylation is 1. The maximum absolute atomic E-state index is 13.1. The Morgan fingerprint density at radius 1 is 1.38 bits per heavy atom. The van der Waals surface area contributed by atoms with Gasteiger partial charge in [-0.15, -0.1) is 6.42 Å². The third kappa shape index (κ3) is 3.32. The largest absolute Gasteiger partial charge is 0.500 e. The number of aromatic nitrogens is 2. The lowest BCUT2D eigenvalue weighted by atomic mass is 9.94. The molecule has 1 saturated carbocycles. The van der Waals surface area contributed by atoms with Gasteiger partial charge < -0.3 is 0 Å². The van der Waals surface area contributed by atoms with E-state index >= 15 is 0 Å². The summed E-state index contributed by atoms with van der Waals surface area (Å²) in [5.41, 5.74) is 0.285. The van der Waals surface area contributed by atoms with Crippen molar-refractivity contribution >= 4 is 27.7 Å². The molecule has 1 aliphatic heterocycles. The molecule has 2 aliphatic carbocycles. The van der Waals surface area contributed by atoms with Crippen LogP contribution >= 0.6 is 0 Å². The first-order valence-corrected chi connectivity index (χ1v) is 10.5. The molecule has 0 radical (unpaired) electrons. The predicted molar refractivity (Wildman–Crippen MR) is 104 cm³/mol. The fraction of sp³-hybridized carbons (Fsp3) is 0.368. The number of hydrogen-bond donors (Lipinski definition) is 1. The van der Waals surface area contributed by atoms with Crippen molar-refractivity contribution in [2.24, 2.45) is 13.0 Å². The van der Waals surface area contributed by atoms with Crippen molar-refractivity contribution in [1.29, 1.82) is 0 Å². The first-order valence-electron chi connectivity index (χ1n) is 9.01. The number of carbonyl (C=O) groups is 2. The average Bonchev–Trinajstić information content (AvgIpc) is 3.33. The van der Waals surface area contributed by atoms with Gasteiger partial charge in [0.25, 0.3) is 0 Å². The van der Waals surface area contributed by atoms with Crippen molar-refractivity contribution in [3.8, 4) is 12.3 Å². The summed E-state index contributed by atoms with van der Waals surface area (Å²) in [4.78, 5) is 26.8. The lowest BCUT2D eigenvalue weighted by molar-refractivity contribution is -0.406. The molecule has 3 aliphatic rings. The number of rotatable bonds is 5. The van der Waals surface area contributed by atoms with E-state index in [1.54, 1.807) is 31.2 Å². The van der Waals surface area contributed by atoms with Gasteiger partial charge in [-0.25, -0.2) is 13.2 Å². The number of terminal acetylenes is 1. The number of carbonyl (C=O) groups excluding carboxylic acids is 2. The molecule has 1 unspecified atom stereocenters. The molecule has 0 saturated heterocycles. The lowest BCUT2D eigenvalue weighted by Gasteiger charge is -2.26. The molecule has 29 heavy (non-hydrogen) atoms. The molecule has 1 aromatic heterocycles. The van der Waals surface area contributed by atoms with E-state index in [1.165, 1.54) is 22.8 Å². The summed E-state index contributed by atoms with van der Waals surface area (Å²) in [6.07, 6.45) is 14.1. The molecule has 4 rings (SSSR count). The first kappa shape index (κ1) is 19.3. The summed E-state index contributed by atoms with van der Waals surface area (Å²) >= 11 is 0. The van der Waals surface area contributed by atoms with Crippen LogP contribution in [0.5, 0.6) is 0 Å². The Morgan fingerprint density at radius 2 is 2.10 bits per heavy atom. The van der Waals surface area contributed by atoms with Gasteiger partial charge in [0, 0.05) is 18.8 Å². The number of imide groups is 1. The summed E-state index contributed by atoms with van der Waals surface area (Å²) in [5, 5.41) is 4.05. The summed E-state index contributed by atoms with van der Waals surface area (Å²) in [5.74, 6) is 1.11. The third-order valence-corrected chi connectivity index (χ3v) is 6.82. The maximum Gasteiger partial charge on any atom is 0.500 e. The van der Waals surface area contributed by atoms with Crippen LogP contribution in [0.15, 0.2) is 35.5 Å². The Balaban J connectivity index is 1.66. The Hall–Kier alpha value is -3.03. The van der Waals surface area contributed by atoms with E-state index in [0.29, 0.717) is 24.1 Å². The van der Waals surface area contributed by atoms with E-state index < -0.39 is 33.4 Å². The van der Waals surface area contributed by atoms with Crippen molar-refractivity contribution in [3.05, 3.63) is 41.1 Å². The highest BCUT2D eigenvalue weighted by atomic mass is 32.2. The van der Waals surface area contributed by atoms with Crippen molar-refractivity contribution in [2.75, 3.05) is 7.05 Å². The Labute approximate surface area is 168 Å². The van der Waals surface area contributed by atoms with E-state index in [-0.39, 0.29) is 11.4 Å². The topological polar surface area (TPSA) is 104 Å². The van der Waals surface area contributed by atoms with Crippen LogP contribution in [0.3, 0.4) is 0 Å². The number of hydrogen-bond acceptors (Lipinski definition) is 5. The zero-order chi connectivity index (χ0) is 21.0. The highest BCUT2D eigenvalue weighted by Crippen LogP contribution is 2.36. The summed E-state index contributed by atoms with van der Waals surface area (Å²) in [7, 11) is -0.592. The van der Waals surface area contributed by atoms with Crippen molar-refractivity contribution < 1.29 is 22.6 Å². The maximum atomic E-state index is 13.1. The number of amides is 3. The van der Waals surface area contributed by atoms with E-state index in [0.717, 1.165) is 4.90 Å². The molecule has 0 bridgehead atoms.